The Labute approximate surface area is 383 Å². The number of benzene rings is 4. The van der Waals surface area contributed by atoms with E-state index in [4.69, 9.17) is 28.9 Å². The number of unbranched alkanes of at least 4 members (excludes halogenated alkanes) is 2. The molecular formula is C54H63FN2O8. The van der Waals surface area contributed by atoms with Gasteiger partial charge in [-0.05, 0) is 128 Å². The zero-order chi connectivity index (χ0) is 45.8. The number of aliphatic hydroxyl groups excluding tert-OH is 2. The first kappa shape index (κ1) is 47.2. The number of hydrogen-bond donors (Lipinski definition) is 2. The van der Waals surface area contributed by atoms with E-state index in [1.165, 1.54) is 17.7 Å². The molecule has 6 atom stereocenters. The molecule has 1 heterocycles. The van der Waals surface area contributed by atoms with Gasteiger partial charge >= 0.3 is 6.09 Å². The van der Waals surface area contributed by atoms with Crippen LogP contribution < -0.4 is 9.47 Å². The molecule has 1 fully saturated rings. The van der Waals surface area contributed by atoms with Gasteiger partial charge in [0.2, 0.25) is 5.79 Å². The molecule has 65 heavy (non-hydrogen) atoms. The number of nitrogens with zero attached hydrogens (tertiary/aromatic N) is 2. The normalized spacial score (nSPS) is 22.4. The molecule has 6 unspecified atom stereocenters. The van der Waals surface area contributed by atoms with Crippen molar-refractivity contribution in [3.63, 3.8) is 0 Å². The fourth-order valence-corrected chi connectivity index (χ4v) is 9.79. The van der Waals surface area contributed by atoms with Crippen molar-refractivity contribution in [2.24, 2.45) is 22.9 Å². The Morgan fingerprint density at radius 3 is 2.35 bits per heavy atom. The number of aliphatic hydroxyl groups is 2. The molecule has 0 bridgehead atoms. The zero-order valence-electron chi connectivity index (χ0n) is 37.7. The van der Waals surface area contributed by atoms with Crippen molar-refractivity contribution < 1.29 is 43.2 Å². The van der Waals surface area contributed by atoms with Gasteiger partial charge in [-0.15, -0.1) is 13.2 Å². The summed E-state index contributed by atoms with van der Waals surface area (Å²) in [5.41, 5.74) is 6.41. The average Bonchev–Trinajstić information content (AvgIpc) is 3.31. The minimum Gasteiger partial charge on any atom is -0.459 e. The Balaban J connectivity index is 1.45. The number of carbonyl (C=O) groups excluding carboxylic acids is 1. The Bertz CT molecular complexity index is 2300. The number of oxime groups is 1. The van der Waals surface area contributed by atoms with Crippen LogP contribution in [0.5, 0.6) is 17.2 Å². The van der Waals surface area contributed by atoms with Crippen LogP contribution in [0, 0.1) is 37.4 Å². The third-order valence-corrected chi connectivity index (χ3v) is 13.0. The van der Waals surface area contributed by atoms with Crippen LogP contribution in [0.4, 0.5) is 9.18 Å². The van der Waals surface area contributed by atoms with Crippen LogP contribution in [0.2, 0.25) is 0 Å². The van der Waals surface area contributed by atoms with Crippen LogP contribution in [-0.4, -0.2) is 65.2 Å². The van der Waals surface area contributed by atoms with E-state index in [1.807, 2.05) is 60.7 Å². The predicted octanol–water partition coefficient (Wildman–Crippen LogP) is 11.3. The second kappa shape index (κ2) is 22.4. The van der Waals surface area contributed by atoms with Crippen molar-refractivity contribution in [2.75, 3.05) is 26.4 Å². The van der Waals surface area contributed by atoms with Gasteiger partial charge in [0.1, 0.15) is 35.7 Å². The van der Waals surface area contributed by atoms with Gasteiger partial charge < -0.3 is 34.0 Å². The van der Waals surface area contributed by atoms with Crippen molar-refractivity contribution >= 4 is 11.8 Å². The van der Waals surface area contributed by atoms with Gasteiger partial charge in [0.15, 0.2) is 0 Å². The molecule has 7 rings (SSSR count). The van der Waals surface area contributed by atoms with E-state index < -0.39 is 29.7 Å². The maximum absolute atomic E-state index is 14.7. The SMILES string of the molecule is C=CCCOC(=O)N(Cc1ccc(F)cc1)C1CC(=NOCc2ccccc2)C2=CC(CCCCO)C(CCCCO)C3c4cc(Oc5ccc(C)c(C)c5)ccc4OC1(OCC=C)C23. The number of fused-ring (bicyclic) bond motifs is 2. The summed E-state index contributed by atoms with van der Waals surface area (Å²) in [6, 6.07) is 27.0. The lowest BCUT2D eigenvalue weighted by molar-refractivity contribution is -0.256. The van der Waals surface area contributed by atoms with Gasteiger partial charge in [-0.1, -0.05) is 84.8 Å². The summed E-state index contributed by atoms with van der Waals surface area (Å²) >= 11 is 0. The van der Waals surface area contributed by atoms with Crippen LogP contribution in [-0.2, 0) is 27.5 Å². The van der Waals surface area contributed by atoms with E-state index in [-0.39, 0.29) is 63.8 Å². The molecular weight excluding hydrogens is 824 g/mol. The van der Waals surface area contributed by atoms with Gasteiger partial charge in [-0.2, -0.15) is 0 Å². The number of halogens is 1. The number of hydrogen-bond acceptors (Lipinski definition) is 9. The number of amides is 1. The molecule has 4 aromatic carbocycles. The molecule has 3 aliphatic rings. The molecule has 0 aromatic heterocycles. The highest BCUT2D eigenvalue weighted by Crippen LogP contribution is 2.62. The first-order valence-corrected chi connectivity index (χ1v) is 23.0. The fourth-order valence-electron chi connectivity index (χ4n) is 9.79. The Morgan fingerprint density at radius 2 is 1.63 bits per heavy atom. The summed E-state index contributed by atoms with van der Waals surface area (Å²) in [6.45, 7) is 12.6. The quantitative estimate of drug-likeness (QED) is 0.0455. The van der Waals surface area contributed by atoms with Crippen molar-refractivity contribution in [3.8, 4) is 17.2 Å². The molecule has 344 valence electrons. The van der Waals surface area contributed by atoms with Crippen molar-refractivity contribution in [1.29, 1.82) is 0 Å². The first-order valence-electron chi connectivity index (χ1n) is 23.0. The summed E-state index contributed by atoms with van der Waals surface area (Å²) in [4.78, 5) is 22.6. The lowest BCUT2D eigenvalue weighted by Gasteiger charge is -2.59. The lowest BCUT2D eigenvalue weighted by atomic mass is 9.55. The summed E-state index contributed by atoms with van der Waals surface area (Å²) in [6.07, 6.45) is 10.2. The fraction of sp³-hybridized carbons (Fsp3) is 0.407. The van der Waals surface area contributed by atoms with E-state index in [2.05, 4.69) is 39.1 Å². The van der Waals surface area contributed by atoms with Crippen molar-refractivity contribution in [2.45, 2.75) is 96.1 Å². The smallest absolute Gasteiger partial charge is 0.410 e. The molecule has 0 spiro atoms. The zero-order valence-corrected chi connectivity index (χ0v) is 37.7. The molecule has 1 saturated carbocycles. The molecule has 2 N–H and O–H groups in total. The largest absolute Gasteiger partial charge is 0.459 e. The maximum Gasteiger partial charge on any atom is 0.410 e. The molecule has 4 aromatic rings. The van der Waals surface area contributed by atoms with E-state index in [9.17, 15) is 19.4 Å². The van der Waals surface area contributed by atoms with Crippen LogP contribution in [0.25, 0.3) is 0 Å². The lowest BCUT2D eigenvalue weighted by Crippen LogP contribution is -2.70. The van der Waals surface area contributed by atoms with E-state index in [0.29, 0.717) is 47.8 Å². The van der Waals surface area contributed by atoms with Gasteiger partial charge in [-0.25, -0.2) is 9.18 Å². The Hall–Kier alpha value is -5.75. The molecule has 2 aliphatic carbocycles. The van der Waals surface area contributed by atoms with Crippen molar-refractivity contribution in [1.82, 2.24) is 4.90 Å². The molecule has 1 aliphatic heterocycles. The Kier molecular flexibility index (Phi) is 16.3. The highest BCUT2D eigenvalue weighted by Gasteiger charge is 2.65. The minimum absolute atomic E-state index is 0.00977. The first-order chi connectivity index (χ1) is 31.7. The summed E-state index contributed by atoms with van der Waals surface area (Å²) in [7, 11) is 0. The van der Waals surface area contributed by atoms with E-state index in [0.717, 1.165) is 47.9 Å². The van der Waals surface area contributed by atoms with Crippen LogP contribution >= 0.6 is 0 Å². The average molecular weight is 887 g/mol. The maximum atomic E-state index is 14.7. The van der Waals surface area contributed by atoms with Crippen LogP contribution in [0.15, 0.2) is 133 Å². The molecule has 0 radical (unpaired) electrons. The van der Waals surface area contributed by atoms with Crippen LogP contribution in [0.1, 0.15) is 85.1 Å². The number of aryl methyl sites for hydroxylation is 2. The standard InChI is InChI=1S/C54H63FN2O8/c1-5-7-30-61-53(60)57(35-39-20-22-42(55)23-21-39)50-34-48(56-63-36-40-15-9-8-10-16-40)46-32-41(17-11-13-27-58)45(18-12-14-28-59)51-47-33-44(64-43-24-19-37(3)38(4)31-43)25-26-49(47)65-54(50,52(46)51)62-29-6-2/h5-6,8-10,15-16,19-26,31-33,41,45,50-52,58-59H,1-2,7,11-14,17-18,27-30,34-36H2,3-4H3. The third-order valence-electron chi connectivity index (χ3n) is 13.0. The van der Waals surface area contributed by atoms with Crippen molar-refractivity contribution in [3.05, 3.63) is 162 Å². The Morgan fingerprint density at radius 1 is 0.892 bits per heavy atom. The van der Waals surface area contributed by atoms with Gasteiger partial charge in [0, 0.05) is 37.7 Å². The van der Waals surface area contributed by atoms with E-state index in [1.54, 1.807) is 29.2 Å². The monoisotopic (exact) mass is 886 g/mol. The minimum atomic E-state index is -1.52. The molecule has 1 amide bonds. The van der Waals surface area contributed by atoms with Crippen LogP contribution in [0.3, 0.4) is 0 Å². The summed E-state index contributed by atoms with van der Waals surface area (Å²) < 4.78 is 41.4. The topological polar surface area (TPSA) is 119 Å². The predicted molar refractivity (Wildman–Crippen MR) is 250 cm³/mol. The second-order valence-electron chi connectivity index (χ2n) is 17.3. The van der Waals surface area contributed by atoms with Gasteiger partial charge in [0.25, 0.3) is 0 Å². The number of ether oxygens (including phenoxy) is 4. The van der Waals surface area contributed by atoms with Gasteiger partial charge in [-0.3, -0.25) is 4.90 Å². The molecule has 11 heteroatoms. The van der Waals surface area contributed by atoms with Gasteiger partial charge in [0.05, 0.1) is 24.8 Å². The third kappa shape index (κ3) is 11.0. The number of allylic oxidation sites excluding steroid dienone is 1. The highest BCUT2D eigenvalue weighted by atomic mass is 19.1. The number of carbonyl (C=O) groups is 1. The molecule has 0 saturated heterocycles. The second-order valence-corrected chi connectivity index (χ2v) is 17.3. The molecule has 10 nitrogen and oxygen atoms in total. The van der Waals surface area contributed by atoms with E-state index >= 15 is 0 Å². The summed E-state index contributed by atoms with van der Waals surface area (Å²) in [5, 5.41) is 24.9. The number of rotatable bonds is 22. The summed E-state index contributed by atoms with van der Waals surface area (Å²) in [5.74, 6) is -0.717. The highest BCUT2D eigenvalue weighted by molar-refractivity contribution is 6.03.